The molecule has 0 aliphatic carbocycles. The lowest BCUT2D eigenvalue weighted by Gasteiger charge is -2.09. The van der Waals surface area contributed by atoms with Gasteiger partial charge in [0, 0.05) is 6.08 Å². The second-order valence-electron chi connectivity index (χ2n) is 3.30. The van der Waals surface area contributed by atoms with Crippen LogP contribution < -0.4 is 0 Å². The molecular formula is C14H18O6. The smallest absolute Gasteiger partial charge is 0.373 e. The van der Waals surface area contributed by atoms with Gasteiger partial charge >= 0.3 is 11.9 Å². The fraction of sp³-hybridized carbons (Fsp3) is 0.286. The Kier molecular flexibility index (Phi) is 9.12. The van der Waals surface area contributed by atoms with E-state index in [1.165, 1.54) is 6.08 Å². The van der Waals surface area contributed by atoms with Crippen LogP contribution in [0.15, 0.2) is 50.0 Å². The zero-order valence-electron chi connectivity index (χ0n) is 11.3. The minimum atomic E-state index is -0.715. The van der Waals surface area contributed by atoms with Crippen LogP contribution in [0, 0.1) is 0 Å². The summed E-state index contributed by atoms with van der Waals surface area (Å²) in [6.07, 6.45) is 2.47. The largest absolute Gasteiger partial charge is 0.491 e. The second-order valence-corrected chi connectivity index (χ2v) is 3.30. The number of allylic oxidation sites excluding steroid dienone is 1. The van der Waals surface area contributed by atoms with Gasteiger partial charge in [0.1, 0.15) is 32.2 Å². The molecule has 0 aromatic heterocycles. The molecule has 0 saturated carbocycles. The Morgan fingerprint density at radius 3 is 1.95 bits per heavy atom. The zero-order chi connectivity index (χ0) is 15.4. The molecule has 110 valence electrons. The van der Waals surface area contributed by atoms with Gasteiger partial charge < -0.3 is 18.9 Å². The number of hydrogen-bond acceptors (Lipinski definition) is 6. The average molecular weight is 282 g/mol. The van der Waals surface area contributed by atoms with Crippen molar-refractivity contribution in [3.63, 3.8) is 0 Å². The molecule has 0 atom stereocenters. The molecule has 0 aliphatic heterocycles. The Morgan fingerprint density at radius 1 is 0.800 bits per heavy atom. The van der Waals surface area contributed by atoms with Gasteiger partial charge in [-0.05, 0) is 12.7 Å². The van der Waals surface area contributed by atoms with Crippen molar-refractivity contribution in [3.05, 3.63) is 50.0 Å². The van der Waals surface area contributed by atoms with Gasteiger partial charge in [-0.15, -0.1) is 0 Å². The van der Waals surface area contributed by atoms with Crippen molar-refractivity contribution in [2.24, 2.45) is 0 Å². The highest BCUT2D eigenvalue weighted by atomic mass is 16.6. The Balaban J connectivity index is 3.68. The first-order chi connectivity index (χ1) is 9.51. The standard InChI is InChI=1S/C14H18O6/c1-5-11(3)17-7-10-20-14(16)12(4)18-8-9-19-13(15)6-2/h5-6H,1-4,7-10H2. The van der Waals surface area contributed by atoms with E-state index < -0.39 is 11.9 Å². The van der Waals surface area contributed by atoms with Crippen LogP contribution in [0.3, 0.4) is 0 Å². The van der Waals surface area contributed by atoms with E-state index in [1.54, 1.807) is 0 Å². The highest BCUT2D eigenvalue weighted by Crippen LogP contribution is 1.99. The van der Waals surface area contributed by atoms with Gasteiger partial charge in [0.25, 0.3) is 0 Å². The molecule has 0 bridgehead atoms. The molecule has 0 fully saturated rings. The summed E-state index contributed by atoms with van der Waals surface area (Å²) in [5.41, 5.74) is 0. The van der Waals surface area contributed by atoms with E-state index in [0.717, 1.165) is 6.08 Å². The second kappa shape index (κ2) is 10.4. The molecule has 0 aromatic carbocycles. The van der Waals surface area contributed by atoms with E-state index in [-0.39, 0.29) is 32.2 Å². The predicted molar refractivity (Wildman–Crippen MR) is 72.5 cm³/mol. The lowest BCUT2D eigenvalue weighted by molar-refractivity contribution is -0.145. The SMILES string of the molecule is C=CC(=C)OCCOC(=O)C(=C)OCCOC(=O)C=C. The lowest BCUT2D eigenvalue weighted by atomic mass is 10.5. The Labute approximate surface area is 118 Å². The summed E-state index contributed by atoms with van der Waals surface area (Å²) in [5, 5.41) is 0. The van der Waals surface area contributed by atoms with Crippen LogP contribution in [0.1, 0.15) is 0 Å². The van der Waals surface area contributed by atoms with Crippen molar-refractivity contribution in [2.75, 3.05) is 26.4 Å². The monoisotopic (exact) mass is 282 g/mol. The predicted octanol–water partition coefficient (Wildman–Crippen LogP) is 1.51. The molecule has 6 heteroatoms. The fourth-order valence-corrected chi connectivity index (χ4v) is 0.872. The minimum absolute atomic E-state index is 0.00270. The summed E-state index contributed by atoms with van der Waals surface area (Å²) in [5.74, 6) is -1.07. The van der Waals surface area contributed by atoms with Gasteiger partial charge in [0.15, 0.2) is 5.76 Å². The highest BCUT2D eigenvalue weighted by Gasteiger charge is 2.10. The van der Waals surface area contributed by atoms with Crippen molar-refractivity contribution in [1.29, 1.82) is 0 Å². The maximum absolute atomic E-state index is 11.4. The molecule has 0 N–H and O–H groups in total. The van der Waals surface area contributed by atoms with E-state index in [9.17, 15) is 9.59 Å². The number of carbonyl (C=O) groups excluding carboxylic acids is 2. The van der Waals surface area contributed by atoms with Gasteiger partial charge in [-0.1, -0.05) is 19.7 Å². The first-order valence-corrected chi connectivity index (χ1v) is 5.73. The summed E-state index contributed by atoms with van der Waals surface area (Å²) in [4.78, 5) is 22.1. The molecule has 0 heterocycles. The molecular weight excluding hydrogens is 264 g/mol. The summed E-state index contributed by atoms with van der Waals surface area (Å²) >= 11 is 0. The van der Waals surface area contributed by atoms with Crippen LogP contribution in [0.5, 0.6) is 0 Å². The summed E-state index contributed by atoms with van der Waals surface area (Å²) in [7, 11) is 0. The van der Waals surface area contributed by atoms with Gasteiger partial charge in [0.2, 0.25) is 0 Å². The molecule has 0 aromatic rings. The normalized spacial score (nSPS) is 9.00. The molecule has 0 aliphatic rings. The Morgan fingerprint density at radius 2 is 1.35 bits per heavy atom. The third-order valence-corrected chi connectivity index (χ3v) is 1.83. The van der Waals surface area contributed by atoms with E-state index in [0.29, 0.717) is 5.76 Å². The van der Waals surface area contributed by atoms with Crippen molar-refractivity contribution in [3.8, 4) is 0 Å². The van der Waals surface area contributed by atoms with Crippen LogP contribution >= 0.6 is 0 Å². The van der Waals surface area contributed by atoms with Gasteiger partial charge in [-0.25, -0.2) is 9.59 Å². The third kappa shape index (κ3) is 8.57. The minimum Gasteiger partial charge on any atom is -0.491 e. The molecule has 0 spiro atoms. The van der Waals surface area contributed by atoms with E-state index in [2.05, 4.69) is 31.1 Å². The Bertz CT molecular complexity index is 358. The van der Waals surface area contributed by atoms with Crippen molar-refractivity contribution >= 4 is 11.9 Å². The quantitative estimate of drug-likeness (QED) is 0.188. The average Bonchev–Trinajstić information content (AvgIpc) is 2.46. The van der Waals surface area contributed by atoms with E-state index in [1.807, 2.05) is 0 Å². The molecule has 0 saturated heterocycles. The van der Waals surface area contributed by atoms with Crippen LogP contribution in [0.4, 0.5) is 0 Å². The molecule has 0 radical (unpaired) electrons. The van der Waals surface area contributed by atoms with Crippen LogP contribution in [0.25, 0.3) is 0 Å². The van der Waals surface area contributed by atoms with Gasteiger partial charge in [-0.2, -0.15) is 0 Å². The Hall–Kier alpha value is -2.50. The maximum atomic E-state index is 11.4. The zero-order valence-corrected chi connectivity index (χ0v) is 11.3. The fourth-order valence-electron chi connectivity index (χ4n) is 0.872. The number of esters is 2. The molecule has 0 unspecified atom stereocenters. The van der Waals surface area contributed by atoms with Gasteiger partial charge in [0.05, 0.1) is 0 Å². The molecule has 20 heavy (non-hydrogen) atoms. The number of rotatable bonds is 11. The topological polar surface area (TPSA) is 71.1 Å². The summed E-state index contributed by atoms with van der Waals surface area (Å²) in [6, 6.07) is 0. The van der Waals surface area contributed by atoms with E-state index >= 15 is 0 Å². The van der Waals surface area contributed by atoms with Crippen LogP contribution in [0.2, 0.25) is 0 Å². The summed E-state index contributed by atoms with van der Waals surface area (Å²) < 4.78 is 19.4. The van der Waals surface area contributed by atoms with E-state index in [4.69, 9.17) is 14.2 Å². The molecule has 0 amide bonds. The van der Waals surface area contributed by atoms with Crippen molar-refractivity contribution in [1.82, 2.24) is 0 Å². The molecule has 0 rings (SSSR count). The van der Waals surface area contributed by atoms with Crippen LogP contribution in [-0.4, -0.2) is 38.4 Å². The van der Waals surface area contributed by atoms with Crippen molar-refractivity contribution < 1.29 is 28.5 Å². The number of carbonyl (C=O) groups is 2. The molecule has 6 nitrogen and oxygen atoms in total. The number of hydrogen-bond donors (Lipinski definition) is 0. The van der Waals surface area contributed by atoms with Crippen LogP contribution in [-0.2, 0) is 28.5 Å². The van der Waals surface area contributed by atoms with Gasteiger partial charge in [-0.3, -0.25) is 0 Å². The first-order valence-electron chi connectivity index (χ1n) is 5.73. The lowest BCUT2D eigenvalue weighted by Crippen LogP contribution is -2.15. The maximum Gasteiger partial charge on any atom is 0.373 e. The third-order valence-electron chi connectivity index (χ3n) is 1.83. The highest BCUT2D eigenvalue weighted by molar-refractivity contribution is 5.85. The first kappa shape index (κ1) is 17.5. The summed E-state index contributed by atoms with van der Waals surface area (Å²) in [6.45, 7) is 13.8. The van der Waals surface area contributed by atoms with Crippen molar-refractivity contribution in [2.45, 2.75) is 0 Å². The number of ether oxygens (including phenoxy) is 4.